The molecule has 0 radical (unpaired) electrons. The van der Waals surface area contributed by atoms with Gasteiger partial charge in [-0.05, 0) is 35.7 Å². The molecule has 0 saturated carbocycles. The maximum Gasteiger partial charge on any atom is 0.231 e. The minimum Gasteiger partial charge on any atom is -0.508 e. The van der Waals surface area contributed by atoms with Crippen LogP contribution in [0.25, 0.3) is 0 Å². The number of benzene rings is 1. The summed E-state index contributed by atoms with van der Waals surface area (Å²) in [5.41, 5.74) is 0.782. The summed E-state index contributed by atoms with van der Waals surface area (Å²) < 4.78 is 0. The summed E-state index contributed by atoms with van der Waals surface area (Å²) in [5, 5.41) is 11.1. The highest BCUT2D eigenvalue weighted by atomic mass is 32.1. The van der Waals surface area contributed by atoms with Crippen molar-refractivity contribution in [3.05, 3.63) is 46.7 Å². The third-order valence-electron chi connectivity index (χ3n) is 2.52. The molecule has 2 rings (SSSR count). The predicted octanol–water partition coefficient (Wildman–Crippen LogP) is 2.66. The van der Waals surface area contributed by atoms with Crippen LogP contribution in [0.3, 0.4) is 0 Å². The van der Waals surface area contributed by atoms with Gasteiger partial charge in [0.1, 0.15) is 5.75 Å². The van der Waals surface area contributed by atoms with E-state index in [1.807, 2.05) is 17.5 Å². The van der Waals surface area contributed by atoms with Crippen LogP contribution in [-0.2, 0) is 11.2 Å². The van der Waals surface area contributed by atoms with Crippen molar-refractivity contribution in [1.82, 2.24) is 0 Å². The number of phenolic OH excluding ortho intramolecular Hbond substituents is 1. The van der Waals surface area contributed by atoms with Gasteiger partial charge in [0, 0.05) is 17.6 Å². The lowest BCUT2D eigenvalue weighted by Crippen LogP contribution is -2.27. The molecule has 1 aromatic carbocycles. The molecule has 1 N–H and O–H groups in total. The molecule has 17 heavy (non-hydrogen) atoms. The van der Waals surface area contributed by atoms with E-state index < -0.39 is 0 Å². The molecule has 0 aliphatic carbocycles. The summed E-state index contributed by atoms with van der Waals surface area (Å²) in [7, 11) is 1.74. The molecule has 0 aliphatic rings. The number of phenols is 1. The van der Waals surface area contributed by atoms with Crippen molar-refractivity contribution >= 4 is 22.9 Å². The Morgan fingerprint density at radius 1 is 1.29 bits per heavy atom. The Labute approximate surface area is 104 Å². The van der Waals surface area contributed by atoms with Gasteiger partial charge in [0.2, 0.25) is 5.91 Å². The van der Waals surface area contributed by atoms with Gasteiger partial charge < -0.3 is 10.0 Å². The van der Waals surface area contributed by atoms with Gasteiger partial charge in [0.05, 0.1) is 6.42 Å². The molecular weight excluding hydrogens is 234 g/mol. The van der Waals surface area contributed by atoms with Crippen molar-refractivity contribution in [3.8, 4) is 5.75 Å². The standard InChI is InChI=1S/C13H13NO2S/c1-14(10-4-6-11(15)7-5-10)13(16)9-12-3-2-8-17-12/h2-8,15H,9H2,1H3. The van der Waals surface area contributed by atoms with E-state index in [1.165, 1.54) is 0 Å². The summed E-state index contributed by atoms with van der Waals surface area (Å²) in [6.07, 6.45) is 0.412. The van der Waals surface area contributed by atoms with Gasteiger partial charge in [-0.15, -0.1) is 11.3 Å². The molecule has 0 unspecified atom stereocenters. The highest BCUT2D eigenvalue weighted by molar-refractivity contribution is 7.10. The first-order chi connectivity index (χ1) is 8.16. The van der Waals surface area contributed by atoms with E-state index in [0.29, 0.717) is 6.42 Å². The third-order valence-corrected chi connectivity index (χ3v) is 3.39. The molecule has 0 spiro atoms. The summed E-state index contributed by atoms with van der Waals surface area (Å²) in [4.78, 5) is 14.6. The number of hydrogen-bond donors (Lipinski definition) is 1. The number of carbonyl (C=O) groups excluding carboxylic acids is 1. The quantitative estimate of drug-likeness (QED) is 0.905. The Hall–Kier alpha value is -1.81. The molecule has 1 heterocycles. The summed E-state index contributed by atoms with van der Waals surface area (Å²) in [6, 6.07) is 10.5. The number of likely N-dealkylation sites (N-methyl/N-ethyl adjacent to an activating group) is 1. The molecule has 3 nitrogen and oxygen atoms in total. The third kappa shape index (κ3) is 2.85. The second kappa shape index (κ2) is 5.01. The molecule has 0 atom stereocenters. The minimum atomic E-state index is 0.0399. The van der Waals surface area contributed by atoms with E-state index in [2.05, 4.69) is 0 Å². The smallest absolute Gasteiger partial charge is 0.231 e. The zero-order chi connectivity index (χ0) is 12.3. The number of hydrogen-bond acceptors (Lipinski definition) is 3. The largest absolute Gasteiger partial charge is 0.508 e. The Bertz CT molecular complexity index is 491. The van der Waals surface area contributed by atoms with Gasteiger partial charge in [0.15, 0.2) is 0 Å². The molecule has 88 valence electrons. The Morgan fingerprint density at radius 2 is 2.00 bits per heavy atom. The van der Waals surface area contributed by atoms with Crippen LogP contribution in [0.2, 0.25) is 0 Å². The Morgan fingerprint density at radius 3 is 2.59 bits per heavy atom. The van der Waals surface area contributed by atoms with Crippen LogP contribution < -0.4 is 4.90 Å². The topological polar surface area (TPSA) is 40.5 Å². The monoisotopic (exact) mass is 247 g/mol. The SMILES string of the molecule is CN(C(=O)Cc1cccs1)c1ccc(O)cc1. The fourth-order valence-corrected chi connectivity index (χ4v) is 2.20. The van der Waals surface area contributed by atoms with Crippen molar-refractivity contribution in [1.29, 1.82) is 0 Å². The maximum absolute atomic E-state index is 12.0. The molecule has 0 aliphatic heterocycles. The number of rotatable bonds is 3. The second-order valence-corrected chi connectivity index (χ2v) is 4.76. The minimum absolute atomic E-state index is 0.0399. The van der Waals surface area contributed by atoms with Crippen LogP contribution in [-0.4, -0.2) is 18.1 Å². The van der Waals surface area contributed by atoms with E-state index in [0.717, 1.165) is 10.6 Å². The van der Waals surface area contributed by atoms with E-state index in [-0.39, 0.29) is 11.7 Å². The fraction of sp³-hybridized carbons (Fsp3) is 0.154. The fourth-order valence-electron chi connectivity index (χ4n) is 1.50. The number of anilines is 1. The molecule has 1 amide bonds. The van der Waals surface area contributed by atoms with Crippen molar-refractivity contribution in [2.24, 2.45) is 0 Å². The normalized spacial score (nSPS) is 10.2. The van der Waals surface area contributed by atoms with Crippen molar-refractivity contribution < 1.29 is 9.90 Å². The van der Waals surface area contributed by atoms with Crippen LogP contribution in [0.5, 0.6) is 5.75 Å². The van der Waals surface area contributed by atoms with E-state index >= 15 is 0 Å². The number of nitrogens with zero attached hydrogens (tertiary/aromatic N) is 1. The predicted molar refractivity (Wildman–Crippen MR) is 69.5 cm³/mol. The van der Waals surface area contributed by atoms with Crippen LogP contribution in [0.4, 0.5) is 5.69 Å². The average molecular weight is 247 g/mol. The van der Waals surface area contributed by atoms with Crippen LogP contribution >= 0.6 is 11.3 Å². The summed E-state index contributed by atoms with van der Waals surface area (Å²) in [6.45, 7) is 0. The van der Waals surface area contributed by atoms with Gasteiger partial charge in [-0.1, -0.05) is 6.07 Å². The first kappa shape index (κ1) is 11.7. The molecule has 0 bridgehead atoms. The van der Waals surface area contributed by atoms with E-state index in [9.17, 15) is 9.90 Å². The molecule has 0 fully saturated rings. The highest BCUT2D eigenvalue weighted by Gasteiger charge is 2.11. The molecule has 1 aromatic heterocycles. The van der Waals surface area contributed by atoms with Gasteiger partial charge in [-0.3, -0.25) is 4.79 Å². The maximum atomic E-state index is 12.0. The molecular formula is C13H13NO2S. The second-order valence-electron chi connectivity index (χ2n) is 3.73. The zero-order valence-corrected chi connectivity index (χ0v) is 10.3. The van der Waals surface area contributed by atoms with Gasteiger partial charge in [0.25, 0.3) is 0 Å². The summed E-state index contributed by atoms with van der Waals surface area (Å²) >= 11 is 1.58. The van der Waals surface area contributed by atoms with Gasteiger partial charge in [-0.25, -0.2) is 0 Å². The first-order valence-electron chi connectivity index (χ1n) is 5.25. The van der Waals surface area contributed by atoms with Crippen molar-refractivity contribution in [3.63, 3.8) is 0 Å². The van der Waals surface area contributed by atoms with Crippen LogP contribution in [0, 0.1) is 0 Å². The molecule has 4 heteroatoms. The number of amides is 1. The van der Waals surface area contributed by atoms with Crippen molar-refractivity contribution in [2.75, 3.05) is 11.9 Å². The number of aromatic hydroxyl groups is 1. The van der Waals surface area contributed by atoms with E-state index in [4.69, 9.17) is 0 Å². The Balaban J connectivity index is 2.07. The number of carbonyl (C=O) groups is 1. The number of thiophene rings is 1. The Kier molecular flexibility index (Phi) is 3.44. The lowest BCUT2D eigenvalue weighted by molar-refractivity contribution is -0.117. The van der Waals surface area contributed by atoms with Crippen LogP contribution in [0.1, 0.15) is 4.88 Å². The summed E-state index contributed by atoms with van der Waals surface area (Å²) in [5.74, 6) is 0.242. The average Bonchev–Trinajstić information content (AvgIpc) is 2.82. The van der Waals surface area contributed by atoms with Gasteiger partial charge >= 0.3 is 0 Å². The molecule has 2 aromatic rings. The lowest BCUT2D eigenvalue weighted by Gasteiger charge is -2.16. The lowest BCUT2D eigenvalue weighted by atomic mass is 10.2. The van der Waals surface area contributed by atoms with Crippen molar-refractivity contribution in [2.45, 2.75) is 6.42 Å². The van der Waals surface area contributed by atoms with Gasteiger partial charge in [-0.2, -0.15) is 0 Å². The van der Waals surface area contributed by atoms with E-state index in [1.54, 1.807) is 47.5 Å². The molecule has 0 saturated heterocycles. The zero-order valence-electron chi connectivity index (χ0n) is 9.46. The van der Waals surface area contributed by atoms with Crippen LogP contribution in [0.15, 0.2) is 41.8 Å². The first-order valence-corrected chi connectivity index (χ1v) is 6.13. The highest BCUT2D eigenvalue weighted by Crippen LogP contribution is 2.18.